The number of hydrogen-bond donors (Lipinski definition) is 2. The molecule has 1 saturated heterocycles. The van der Waals surface area contributed by atoms with Crippen molar-refractivity contribution in [3.63, 3.8) is 0 Å². The largest absolute Gasteiger partial charge is 0.506 e. The molecule has 0 unspecified atom stereocenters. The summed E-state index contributed by atoms with van der Waals surface area (Å²) in [5.41, 5.74) is 0.553. The maximum Gasteiger partial charge on any atom is 0.139 e. The topological polar surface area (TPSA) is 35.5 Å². The lowest BCUT2D eigenvalue weighted by molar-refractivity contribution is 0.182. The predicted octanol–water partition coefficient (Wildman–Crippen LogP) is 2.15. The van der Waals surface area contributed by atoms with Gasteiger partial charge in [0.1, 0.15) is 11.6 Å². The van der Waals surface area contributed by atoms with E-state index in [1.807, 2.05) is 6.92 Å². The molecule has 0 aliphatic carbocycles. The average Bonchev–Trinajstić information content (AvgIpc) is 2.34. The molecule has 1 aliphatic heterocycles. The summed E-state index contributed by atoms with van der Waals surface area (Å²) in [5, 5.41) is 13.2. The van der Waals surface area contributed by atoms with Gasteiger partial charge in [-0.25, -0.2) is 4.39 Å². The molecule has 0 spiro atoms. The van der Waals surface area contributed by atoms with E-state index >= 15 is 0 Å². The highest BCUT2D eigenvalue weighted by Crippen LogP contribution is 2.35. The first-order valence-electron chi connectivity index (χ1n) is 5.72. The Morgan fingerprint density at radius 1 is 1.41 bits per heavy atom. The molecule has 5 heteroatoms. The van der Waals surface area contributed by atoms with Crippen LogP contribution >= 0.6 is 11.6 Å². The van der Waals surface area contributed by atoms with Gasteiger partial charge >= 0.3 is 0 Å². The highest BCUT2D eigenvalue weighted by Gasteiger charge is 2.22. The summed E-state index contributed by atoms with van der Waals surface area (Å²) in [5.74, 6) is -0.427. The van der Waals surface area contributed by atoms with Crippen LogP contribution < -0.4 is 5.32 Å². The Kier molecular flexibility index (Phi) is 3.86. The first-order valence-corrected chi connectivity index (χ1v) is 6.10. The van der Waals surface area contributed by atoms with Crippen LogP contribution in [-0.2, 0) is 0 Å². The van der Waals surface area contributed by atoms with Gasteiger partial charge in [-0.2, -0.15) is 0 Å². The Morgan fingerprint density at radius 3 is 2.71 bits per heavy atom. The highest BCUT2D eigenvalue weighted by atomic mass is 35.5. The smallest absolute Gasteiger partial charge is 0.139 e. The molecule has 2 N–H and O–H groups in total. The number of hydrogen-bond acceptors (Lipinski definition) is 3. The van der Waals surface area contributed by atoms with Gasteiger partial charge in [0, 0.05) is 37.8 Å². The van der Waals surface area contributed by atoms with Gasteiger partial charge in [0.05, 0.1) is 5.02 Å². The highest BCUT2D eigenvalue weighted by molar-refractivity contribution is 6.32. The Bertz CT molecular complexity index is 408. The lowest BCUT2D eigenvalue weighted by Gasteiger charge is -2.33. The van der Waals surface area contributed by atoms with Crippen LogP contribution in [0.2, 0.25) is 5.02 Å². The van der Waals surface area contributed by atoms with Crippen LogP contribution in [0.1, 0.15) is 18.5 Å². The minimum Gasteiger partial charge on any atom is -0.506 e. The molecule has 1 fully saturated rings. The van der Waals surface area contributed by atoms with Crippen LogP contribution in [0.5, 0.6) is 5.75 Å². The molecule has 0 saturated carbocycles. The molecule has 1 heterocycles. The molecule has 1 aliphatic rings. The average molecular weight is 259 g/mol. The van der Waals surface area contributed by atoms with Crippen molar-refractivity contribution in [1.82, 2.24) is 10.2 Å². The zero-order valence-electron chi connectivity index (χ0n) is 9.71. The number of phenolic OH excluding ortho intramolecular Hbond substituents is 1. The first-order chi connectivity index (χ1) is 8.09. The lowest BCUT2D eigenvalue weighted by atomic mass is 10.0. The van der Waals surface area contributed by atoms with E-state index in [0.29, 0.717) is 5.56 Å². The summed E-state index contributed by atoms with van der Waals surface area (Å²) in [4.78, 5) is 2.20. The molecular weight excluding hydrogens is 243 g/mol. The van der Waals surface area contributed by atoms with Gasteiger partial charge in [-0.3, -0.25) is 4.90 Å². The van der Waals surface area contributed by atoms with Crippen molar-refractivity contribution >= 4 is 11.6 Å². The van der Waals surface area contributed by atoms with Crippen molar-refractivity contribution in [3.05, 3.63) is 28.5 Å². The summed E-state index contributed by atoms with van der Waals surface area (Å²) in [7, 11) is 0. The number of nitrogens with one attached hydrogen (secondary N) is 1. The van der Waals surface area contributed by atoms with Crippen LogP contribution in [0.3, 0.4) is 0 Å². The van der Waals surface area contributed by atoms with E-state index in [2.05, 4.69) is 10.2 Å². The number of halogens is 2. The van der Waals surface area contributed by atoms with Crippen molar-refractivity contribution in [3.8, 4) is 5.75 Å². The van der Waals surface area contributed by atoms with Gasteiger partial charge < -0.3 is 10.4 Å². The standard InChI is InChI=1S/C12H16ClFN2O/c1-8(16-4-2-15-3-5-16)10-6-9(14)7-11(13)12(10)17/h6-8,15,17H,2-5H2,1H3/t8-/m1/s1. The van der Waals surface area contributed by atoms with E-state index in [1.165, 1.54) is 6.07 Å². The Hall–Kier alpha value is -0.840. The molecule has 1 atom stereocenters. The minimum absolute atomic E-state index is 0.0147. The van der Waals surface area contributed by atoms with Crippen LogP contribution in [-0.4, -0.2) is 36.2 Å². The van der Waals surface area contributed by atoms with Crippen molar-refractivity contribution in [2.75, 3.05) is 26.2 Å². The molecule has 2 rings (SSSR count). The second-order valence-corrected chi connectivity index (χ2v) is 4.69. The zero-order valence-corrected chi connectivity index (χ0v) is 10.5. The molecule has 94 valence electrons. The van der Waals surface area contributed by atoms with E-state index in [4.69, 9.17) is 11.6 Å². The number of nitrogens with zero attached hydrogens (tertiary/aromatic N) is 1. The fraction of sp³-hybridized carbons (Fsp3) is 0.500. The van der Waals surface area contributed by atoms with Gasteiger partial charge in [-0.05, 0) is 19.1 Å². The number of benzene rings is 1. The SMILES string of the molecule is C[C@H](c1cc(F)cc(Cl)c1O)N1CCNCC1. The van der Waals surface area contributed by atoms with Crippen LogP contribution in [0, 0.1) is 5.82 Å². The van der Waals surface area contributed by atoms with Crippen LogP contribution in [0.15, 0.2) is 12.1 Å². The quantitative estimate of drug-likeness (QED) is 0.853. The third kappa shape index (κ3) is 2.70. The molecule has 0 bridgehead atoms. The van der Waals surface area contributed by atoms with Crippen LogP contribution in [0.25, 0.3) is 0 Å². The Morgan fingerprint density at radius 2 is 2.06 bits per heavy atom. The normalized spacial score (nSPS) is 19.2. The van der Waals surface area contributed by atoms with E-state index in [9.17, 15) is 9.50 Å². The molecule has 0 amide bonds. The maximum atomic E-state index is 13.3. The molecule has 1 aromatic rings. The van der Waals surface area contributed by atoms with Gasteiger partial charge in [0.15, 0.2) is 0 Å². The number of piperazine rings is 1. The second kappa shape index (κ2) is 5.21. The number of aromatic hydroxyl groups is 1. The molecule has 17 heavy (non-hydrogen) atoms. The van der Waals surface area contributed by atoms with E-state index in [1.54, 1.807) is 0 Å². The Balaban J connectivity index is 2.26. The maximum absolute atomic E-state index is 13.3. The monoisotopic (exact) mass is 258 g/mol. The molecular formula is C12H16ClFN2O. The Labute approximate surface area is 105 Å². The van der Waals surface area contributed by atoms with Gasteiger partial charge in [-0.15, -0.1) is 0 Å². The van der Waals surface area contributed by atoms with Gasteiger partial charge in [0.25, 0.3) is 0 Å². The fourth-order valence-corrected chi connectivity index (χ4v) is 2.38. The first kappa shape index (κ1) is 12.6. The molecule has 0 radical (unpaired) electrons. The summed E-state index contributed by atoms with van der Waals surface area (Å²) >= 11 is 5.78. The molecule has 3 nitrogen and oxygen atoms in total. The third-order valence-electron chi connectivity index (χ3n) is 3.21. The lowest BCUT2D eigenvalue weighted by Crippen LogP contribution is -2.44. The van der Waals surface area contributed by atoms with Gasteiger partial charge in [-0.1, -0.05) is 11.6 Å². The van der Waals surface area contributed by atoms with E-state index < -0.39 is 5.82 Å². The van der Waals surface area contributed by atoms with E-state index in [-0.39, 0.29) is 16.8 Å². The molecule has 0 aromatic heterocycles. The van der Waals surface area contributed by atoms with E-state index in [0.717, 1.165) is 32.2 Å². The predicted molar refractivity (Wildman–Crippen MR) is 65.9 cm³/mol. The van der Waals surface area contributed by atoms with Crippen molar-refractivity contribution in [1.29, 1.82) is 0 Å². The minimum atomic E-state index is -0.412. The summed E-state index contributed by atoms with van der Waals surface area (Å²) in [6.07, 6.45) is 0. The summed E-state index contributed by atoms with van der Waals surface area (Å²) in [6.45, 7) is 5.54. The molecule has 1 aromatic carbocycles. The van der Waals surface area contributed by atoms with Crippen LogP contribution in [0.4, 0.5) is 4.39 Å². The summed E-state index contributed by atoms with van der Waals surface area (Å²) < 4.78 is 13.3. The third-order valence-corrected chi connectivity index (χ3v) is 3.50. The second-order valence-electron chi connectivity index (χ2n) is 4.29. The van der Waals surface area contributed by atoms with Crippen molar-refractivity contribution < 1.29 is 9.50 Å². The van der Waals surface area contributed by atoms with Gasteiger partial charge in [0.2, 0.25) is 0 Å². The number of rotatable bonds is 2. The number of phenols is 1. The van der Waals surface area contributed by atoms with Crippen molar-refractivity contribution in [2.24, 2.45) is 0 Å². The fourth-order valence-electron chi connectivity index (χ4n) is 2.17. The van der Waals surface area contributed by atoms with Crippen molar-refractivity contribution in [2.45, 2.75) is 13.0 Å². The zero-order chi connectivity index (χ0) is 12.4. The summed E-state index contributed by atoms with van der Waals surface area (Å²) in [6, 6.07) is 2.45.